The van der Waals surface area contributed by atoms with Crippen LogP contribution in [0, 0.1) is 0 Å². The Bertz CT molecular complexity index is 946. The Labute approximate surface area is 209 Å². The molecule has 4 rings (SSSR count). The average molecular weight is 485 g/mol. The van der Waals surface area contributed by atoms with Crippen molar-refractivity contribution in [3.63, 3.8) is 0 Å². The molecule has 1 aliphatic carbocycles. The van der Waals surface area contributed by atoms with Crippen molar-refractivity contribution in [1.29, 1.82) is 0 Å². The van der Waals surface area contributed by atoms with Gasteiger partial charge in [0, 0.05) is 42.1 Å². The zero-order valence-corrected chi connectivity index (χ0v) is 21.4. The number of carbonyl (C=O) groups is 1. The Morgan fingerprint density at radius 2 is 1.71 bits per heavy atom. The summed E-state index contributed by atoms with van der Waals surface area (Å²) >= 11 is 6.14. The summed E-state index contributed by atoms with van der Waals surface area (Å²) in [6, 6.07) is 16.2. The minimum absolute atomic E-state index is 0.0399. The van der Waals surface area contributed by atoms with Crippen molar-refractivity contribution in [3.8, 4) is 0 Å². The molecule has 0 N–H and O–H groups in total. The Morgan fingerprint density at radius 1 is 1.06 bits per heavy atom. The number of carbonyl (C=O) groups excluding carboxylic acids is 1. The molecule has 2 aromatic rings. The van der Waals surface area contributed by atoms with Crippen LogP contribution in [0.2, 0.25) is 5.02 Å². The standard InChI is InChI=1S/C28H37ClN2O3/c1-4-22-7-5-6-8-26(22)27(32)31(24-13-15-28(16-14-24)33-17-18-34-28)25(20-30(2)3)19-21-9-11-23(29)12-10-21/h5-12,24-25H,4,13-20H2,1-3H3. The van der Waals surface area contributed by atoms with Crippen LogP contribution in [-0.4, -0.2) is 67.4 Å². The van der Waals surface area contributed by atoms with Gasteiger partial charge in [0.25, 0.3) is 5.91 Å². The van der Waals surface area contributed by atoms with Gasteiger partial charge in [-0.05, 0) is 69.1 Å². The molecule has 1 saturated carbocycles. The van der Waals surface area contributed by atoms with E-state index in [-0.39, 0.29) is 18.0 Å². The number of nitrogens with zero attached hydrogens (tertiary/aromatic N) is 2. The van der Waals surface area contributed by atoms with Crippen molar-refractivity contribution >= 4 is 17.5 Å². The van der Waals surface area contributed by atoms with E-state index < -0.39 is 5.79 Å². The van der Waals surface area contributed by atoms with Gasteiger partial charge in [0.05, 0.1) is 13.2 Å². The predicted molar refractivity (Wildman–Crippen MR) is 136 cm³/mol. The van der Waals surface area contributed by atoms with Gasteiger partial charge in [0.1, 0.15) is 0 Å². The molecule has 2 aromatic carbocycles. The van der Waals surface area contributed by atoms with Crippen molar-refractivity contribution in [3.05, 3.63) is 70.2 Å². The zero-order chi connectivity index (χ0) is 24.1. The lowest BCUT2D eigenvalue weighted by atomic mass is 9.87. The van der Waals surface area contributed by atoms with E-state index >= 15 is 0 Å². The Balaban J connectivity index is 1.66. The fraction of sp³-hybridized carbons (Fsp3) is 0.536. The molecule has 2 fully saturated rings. The lowest BCUT2D eigenvalue weighted by molar-refractivity contribution is -0.183. The number of aryl methyl sites for hydroxylation is 1. The molecule has 1 aliphatic heterocycles. The largest absolute Gasteiger partial charge is 0.348 e. The zero-order valence-electron chi connectivity index (χ0n) is 20.6. The monoisotopic (exact) mass is 484 g/mol. The Hall–Kier alpha value is -1.92. The lowest BCUT2D eigenvalue weighted by Gasteiger charge is -2.44. The normalized spacial score (nSPS) is 19.0. The lowest BCUT2D eigenvalue weighted by Crippen LogP contribution is -2.54. The fourth-order valence-electron chi connectivity index (χ4n) is 5.48. The number of rotatable bonds is 8. The molecular formula is C28H37ClN2O3. The van der Waals surface area contributed by atoms with Crippen LogP contribution in [0.1, 0.15) is 54.1 Å². The highest BCUT2D eigenvalue weighted by molar-refractivity contribution is 6.30. The van der Waals surface area contributed by atoms with Crippen molar-refractivity contribution in [2.45, 2.75) is 63.3 Å². The van der Waals surface area contributed by atoms with Crippen LogP contribution < -0.4 is 0 Å². The fourth-order valence-corrected chi connectivity index (χ4v) is 5.60. The van der Waals surface area contributed by atoms with E-state index in [1.807, 2.05) is 30.3 Å². The van der Waals surface area contributed by atoms with Crippen LogP contribution in [0.15, 0.2) is 48.5 Å². The summed E-state index contributed by atoms with van der Waals surface area (Å²) < 4.78 is 12.0. The second-order valence-corrected chi connectivity index (χ2v) is 10.2. The van der Waals surface area contributed by atoms with Crippen LogP contribution in [0.25, 0.3) is 0 Å². The van der Waals surface area contributed by atoms with Gasteiger partial charge in [-0.1, -0.05) is 48.9 Å². The Morgan fingerprint density at radius 3 is 2.32 bits per heavy atom. The van der Waals surface area contributed by atoms with Gasteiger partial charge >= 0.3 is 0 Å². The minimum atomic E-state index is -0.445. The molecular weight excluding hydrogens is 448 g/mol. The second kappa shape index (κ2) is 11.2. The molecule has 1 saturated heterocycles. The molecule has 1 atom stereocenters. The molecule has 5 nitrogen and oxygen atoms in total. The van der Waals surface area contributed by atoms with Gasteiger partial charge in [-0.15, -0.1) is 0 Å². The van der Waals surface area contributed by atoms with Gasteiger partial charge in [-0.2, -0.15) is 0 Å². The molecule has 1 amide bonds. The van der Waals surface area contributed by atoms with Crippen LogP contribution in [0.4, 0.5) is 0 Å². The van der Waals surface area contributed by atoms with E-state index in [0.29, 0.717) is 13.2 Å². The molecule has 1 spiro atoms. The molecule has 0 aromatic heterocycles. The molecule has 2 aliphatic rings. The maximum Gasteiger partial charge on any atom is 0.254 e. The minimum Gasteiger partial charge on any atom is -0.348 e. The predicted octanol–water partition coefficient (Wildman–Crippen LogP) is 5.20. The molecule has 1 heterocycles. The quantitative estimate of drug-likeness (QED) is 0.516. The van der Waals surface area contributed by atoms with Crippen LogP contribution in [0.3, 0.4) is 0 Å². The first-order chi connectivity index (χ1) is 16.4. The van der Waals surface area contributed by atoms with Crippen LogP contribution in [0.5, 0.6) is 0 Å². The number of hydrogen-bond acceptors (Lipinski definition) is 4. The number of halogens is 1. The summed E-state index contributed by atoms with van der Waals surface area (Å²) in [5.74, 6) is -0.313. The van der Waals surface area contributed by atoms with E-state index in [4.69, 9.17) is 21.1 Å². The maximum atomic E-state index is 14.2. The van der Waals surface area contributed by atoms with E-state index in [2.05, 4.69) is 49.0 Å². The van der Waals surface area contributed by atoms with E-state index in [1.165, 1.54) is 5.56 Å². The molecule has 34 heavy (non-hydrogen) atoms. The number of hydrogen-bond donors (Lipinski definition) is 0. The number of amides is 1. The number of benzene rings is 2. The SMILES string of the molecule is CCc1ccccc1C(=O)N(C1CCC2(CC1)OCCO2)C(Cc1ccc(Cl)cc1)CN(C)C. The van der Waals surface area contributed by atoms with E-state index in [1.54, 1.807) is 0 Å². The van der Waals surface area contributed by atoms with E-state index in [9.17, 15) is 4.79 Å². The Kier molecular flexibility index (Phi) is 8.30. The second-order valence-electron chi connectivity index (χ2n) is 9.81. The average Bonchev–Trinajstić information content (AvgIpc) is 3.29. The highest BCUT2D eigenvalue weighted by Crippen LogP contribution is 2.38. The van der Waals surface area contributed by atoms with Crippen molar-refractivity contribution in [2.24, 2.45) is 0 Å². The summed E-state index contributed by atoms with van der Waals surface area (Å²) in [7, 11) is 4.15. The number of ether oxygens (including phenoxy) is 2. The molecule has 0 radical (unpaired) electrons. The third kappa shape index (κ3) is 5.83. The van der Waals surface area contributed by atoms with Crippen molar-refractivity contribution in [1.82, 2.24) is 9.80 Å². The van der Waals surface area contributed by atoms with Gasteiger partial charge in [-0.3, -0.25) is 4.79 Å². The first-order valence-corrected chi connectivity index (χ1v) is 12.9. The summed E-state index contributed by atoms with van der Waals surface area (Å²) in [4.78, 5) is 18.6. The van der Waals surface area contributed by atoms with Crippen LogP contribution >= 0.6 is 11.6 Å². The molecule has 1 unspecified atom stereocenters. The highest BCUT2D eigenvalue weighted by Gasteiger charge is 2.44. The van der Waals surface area contributed by atoms with Crippen molar-refractivity contribution in [2.75, 3.05) is 33.9 Å². The summed E-state index contributed by atoms with van der Waals surface area (Å²) in [6.45, 7) is 4.23. The highest BCUT2D eigenvalue weighted by atomic mass is 35.5. The molecule has 6 heteroatoms. The van der Waals surface area contributed by atoms with Gasteiger partial charge in [0.15, 0.2) is 5.79 Å². The summed E-state index contributed by atoms with van der Waals surface area (Å²) in [5.41, 5.74) is 3.11. The summed E-state index contributed by atoms with van der Waals surface area (Å²) in [5, 5.41) is 0.729. The third-order valence-electron chi connectivity index (χ3n) is 7.14. The van der Waals surface area contributed by atoms with Gasteiger partial charge in [-0.25, -0.2) is 0 Å². The summed E-state index contributed by atoms with van der Waals surface area (Å²) in [6.07, 6.45) is 5.03. The van der Waals surface area contributed by atoms with Gasteiger partial charge < -0.3 is 19.3 Å². The first-order valence-electron chi connectivity index (χ1n) is 12.5. The number of likely N-dealkylation sites (N-methyl/N-ethyl adjacent to an activating group) is 1. The smallest absolute Gasteiger partial charge is 0.254 e. The third-order valence-corrected chi connectivity index (χ3v) is 7.39. The molecule has 184 valence electrons. The van der Waals surface area contributed by atoms with Crippen LogP contribution in [-0.2, 0) is 22.3 Å². The topological polar surface area (TPSA) is 42.0 Å². The van der Waals surface area contributed by atoms with Gasteiger partial charge in [0.2, 0.25) is 0 Å². The first kappa shape index (κ1) is 25.2. The molecule has 0 bridgehead atoms. The van der Waals surface area contributed by atoms with Crippen molar-refractivity contribution < 1.29 is 14.3 Å². The maximum absolute atomic E-state index is 14.2. The van der Waals surface area contributed by atoms with E-state index in [0.717, 1.165) is 61.2 Å².